The van der Waals surface area contributed by atoms with E-state index in [1.54, 1.807) is 6.92 Å². The van der Waals surface area contributed by atoms with Gasteiger partial charge in [0.05, 0.1) is 10.6 Å². The summed E-state index contributed by atoms with van der Waals surface area (Å²) in [6, 6.07) is 13.7. The predicted octanol–water partition coefficient (Wildman–Crippen LogP) is 3.50. The van der Waals surface area contributed by atoms with Gasteiger partial charge in [-0.3, -0.25) is 19.7 Å². The van der Waals surface area contributed by atoms with E-state index in [2.05, 4.69) is 10.3 Å². The van der Waals surface area contributed by atoms with Crippen LogP contribution in [0.2, 0.25) is 0 Å². The van der Waals surface area contributed by atoms with Gasteiger partial charge in [-0.1, -0.05) is 30.3 Å². The Morgan fingerprint density at radius 3 is 2.66 bits per heavy atom. The second kappa shape index (κ2) is 9.07. The summed E-state index contributed by atoms with van der Waals surface area (Å²) in [5.74, 6) is -1.12. The average Bonchev–Trinajstić information content (AvgIpc) is 3.20. The Balaban J connectivity index is 1.49. The summed E-state index contributed by atoms with van der Waals surface area (Å²) in [5, 5.41) is 15.9. The molecule has 0 radical (unpaired) electrons. The van der Waals surface area contributed by atoms with Crippen LogP contribution in [-0.2, 0) is 16.1 Å². The lowest BCUT2D eigenvalue weighted by Gasteiger charge is -2.06. The van der Waals surface area contributed by atoms with Gasteiger partial charge < -0.3 is 10.1 Å². The smallest absolute Gasteiger partial charge is 0.325 e. The quantitative estimate of drug-likeness (QED) is 0.362. The maximum atomic E-state index is 12.1. The summed E-state index contributed by atoms with van der Waals surface area (Å²) >= 11 is 1.45. The van der Waals surface area contributed by atoms with E-state index in [0.717, 1.165) is 10.6 Å². The van der Waals surface area contributed by atoms with Crippen molar-refractivity contribution < 1.29 is 19.2 Å². The number of esters is 1. The maximum Gasteiger partial charge on any atom is 0.325 e. The zero-order valence-electron chi connectivity index (χ0n) is 15.5. The third-order valence-corrected chi connectivity index (χ3v) is 4.94. The third kappa shape index (κ3) is 5.23. The van der Waals surface area contributed by atoms with Gasteiger partial charge in [-0.15, -0.1) is 11.3 Å². The number of rotatable bonds is 7. The van der Waals surface area contributed by atoms with E-state index < -0.39 is 16.8 Å². The van der Waals surface area contributed by atoms with Gasteiger partial charge in [-0.25, -0.2) is 4.98 Å². The topological polar surface area (TPSA) is 111 Å². The van der Waals surface area contributed by atoms with E-state index in [1.807, 2.05) is 35.7 Å². The molecular weight excluding hydrogens is 394 g/mol. The Hall–Kier alpha value is -3.59. The largest absolute Gasteiger partial charge is 0.458 e. The molecule has 0 fully saturated rings. The van der Waals surface area contributed by atoms with Crippen molar-refractivity contribution >= 4 is 28.9 Å². The SMILES string of the molecule is Cc1cc(C(=O)NCC(=O)OCc2csc(-c3ccccc3)n2)ccc1[N+](=O)[O-]. The molecule has 1 aromatic heterocycles. The Kier molecular flexibility index (Phi) is 6.30. The number of amides is 1. The second-order valence-electron chi connectivity index (χ2n) is 6.11. The lowest BCUT2D eigenvalue weighted by atomic mass is 10.1. The Morgan fingerprint density at radius 2 is 1.97 bits per heavy atom. The molecule has 29 heavy (non-hydrogen) atoms. The summed E-state index contributed by atoms with van der Waals surface area (Å²) in [6.45, 7) is 1.24. The van der Waals surface area contributed by atoms with Gasteiger partial charge in [0, 0.05) is 28.1 Å². The zero-order valence-corrected chi connectivity index (χ0v) is 16.3. The summed E-state index contributed by atoms with van der Waals surface area (Å²) in [7, 11) is 0. The molecular formula is C20H17N3O5S. The van der Waals surface area contributed by atoms with Crippen LogP contribution in [0.1, 0.15) is 21.6 Å². The number of ether oxygens (including phenoxy) is 1. The number of aryl methyl sites for hydroxylation is 1. The number of hydrogen-bond acceptors (Lipinski definition) is 7. The van der Waals surface area contributed by atoms with Crippen molar-refractivity contribution in [3.8, 4) is 10.6 Å². The van der Waals surface area contributed by atoms with Gasteiger partial charge in [0.2, 0.25) is 0 Å². The van der Waals surface area contributed by atoms with Crippen LogP contribution in [0.15, 0.2) is 53.9 Å². The first-order chi connectivity index (χ1) is 13.9. The molecule has 0 aliphatic carbocycles. The molecule has 0 aliphatic heterocycles. The molecule has 3 rings (SSSR count). The Morgan fingerprint density at radius 1 is 1.21 bits per heavy atom. The molecule has 1 heterocycles. The van der Waals surface area contributed by atoms with Crippen molar-refractivity contribution in [1.82, 2.24) is 10.3 Å². The van der Waals surface area contributed by atoms with Crippen molar-refractivity contribution in [3.05, 3.63) is 80.8 Å². The van der Waals surface area contributed by atoms with Crippen molar-refractivity contribution in [2.45, 2.75) is 13.5 Å². The number of thiazole rings is 1. The molecule has 0 saturated carbocycles. The Labute approximate surface area is 170 Å². The van der Waals surface area contributed by atoms with E-state index in [1.165, 1.54) is 29.5 Å². The number of nitrogens with one attached hydrogen (secondary N) is 1. The first-order valence-electron chi connectivity index (χ1n) is 8.62. The number of nitro benzene ring substituents is 1. The van der Waals surface area contributed by atoms with Gasteiger partial charge in [-0.05, 0) is 19.1 Å². The summed E-state index contributed by atoms with van der Waals surface area (Å²) in [5.41, 5.74) is 2.13. The van der Waals surface area contributed by atoms with E-state index in [-0.39, 0.29) is 24.4 Å². The van der Waals surface area contributed by atoms with Crippen molar-refractivity contribution in [1.29, 1.82) is 0 Å². The number of benzene rings is 2. The first kappa shape index (κ1) is 20.2. The molecule has 1 N–H and O–H groups in total. The van der Waals surface area contributed by atoms with Crippen LogP contribution in [0.5, 0.6) is 0 Å². The minimum Gasteiger partial charge on any atom is -0.458 e. The highest BCUT2D eigenvalue weighted by atomic mass is 32.1. The highest BCUT2D eigenvalue weighted by Gasteiger charge is 2.15. The molecule has 1 amide bonds. The summed E-state index contributed by atoms with van der Waals surface area (Å²) in [4.78, 5) is 38.7. The van der Waals surface area contributed by atoms with Gasteiger partial charge in [-0.2, -0.15) is 0 Å². The molecule has 2 aromatic carbocycles. The number of nitrogens with zero attached hydrogens (tertiary/aromatic N) is 2. The lowest BCUT2D eigenvalue weighted by Crippen LogP contribution is -2.30. The Bertz CT molecular complexity index is 1050. The monoisotopic (exact) mass is 411 g/mol. The minimum atomic E-state index is -0.605. The third-order valence-electron chi connectivity index (χ3n) is 4.00. The minimum absolute atomic E-state index is 0.00861. The first-order valence-corrected chi connectivity index (χ1v) is 9.50. The number of carbonyl (C=O) groups is 2. The predicted molar refractivity (Wildman–Crippen MR) is 108 cm³/mol. The molecule has 0 bridgehead atoms. The second-order valence-corrected chi connectivity index (χ2v) is 6.97. The molecule has 0 unspecified atom stereocenters. The van der Waals surface area contributed by atoms with Crippen molar-refractivity contribution in [2.75, 3.05) is 6.54 Å². The van der Waals surface area contributed by atoms with Crippen LogP contribution in [0.4, 0.5) is 5.69 Å². The van der Waals surface area contributed by atoms with Gasteiger partial charge in [0.25, 0.3) is 11.6 Å². The molecule has 9 heteroatoms. The molecule has 0 atom stereocenters. The van der Waals surface area contributed by atoms with Crippen LogP contribution in [0.25, 0.3) is 10.6 Å². The highest BCUT2D eigenvalue weighted by molar-refractivity contribution is 7.13. The fraction of sp³-hybridized carbons (Fsp3) is 0.150. The highest BCUT2D eigenvalue weighted by Crippen LogP contribution is 2.23. The van der Waals surface area contributed by atoms with E-state index in [9.17, 15) is 19.7 Å². The number of hydrogen-bond donors (Lipinski definition) is 1. The summed E-state index contributed by atoms with van der Waals surface area (Å²) < 4.78 is 5.14. The van der Waals surface area contributed by atoms with Crippen LogP contribution in [0, 0.1) is 17.0 Å². The van der Waals surface area contributed by atoms with E-state index in [0.29, 0.717) is 11.3 Å². The van der Waals surface area contributed by atoms with Crippen LogP contribution < -0.4 is 5.32 Å². The van der Waals surface area contributed by atoms with Crippen LogP contribution >= 0.6 is 11.3 Å². The number of carbonyl (C=O) groups excluding carboxylic acids is 2. The zero-order chi connectivity index (χ0) is 20.8. The number of aromatic nitrogens is 1. The molecule has 8 nitrogen and oxygen atoms in total. The van der Waals surface area contributed by atoms with Crippen LogP contribution in [-0.4, -0.2) is 28.3 Å². The van der Waals surface area contributed by atoms with Gasteiger partial charge in [0.15, 0.2) is 0 Å². The fourth-order valence-corrected chi connectivity index (χ4v) is 3.36. The van der Waals surface area contributed by atoms with Crippen molar-refractivity contribution in [3.63, 3.8) is 0 Å². The normalized spacial score (nSPS) is 10.4. The molecule has 0 aliphatic rings. The molecule has 0 saturated heterocycles. The molecule has 148 valence electrons. The number of nitro groups is 1. The van der Waals surface area contributed by atoms with Gasteiger partial charge in [0.1, 0.15) is 18.2 Å². The summed E-state index contributed by atoms with van der Waals surface area (Å²) in [6.07, 6.45) is 0. The van der Waals surface area contributed by atoms with E-state index >= 15 is 0 Å². The van der Waals surface area contributed by atoms with E-state index in [4.69, 9.17) is 4.74 Å². The maximum absolute atomic E-state index is 12.1. The fourth-order valence-electron chi connectivity index (χ4n) is 2.55. The van der Waals surface area contributed by atoms with Crippen molar-refractivity contribution in [2.24, 2.45) is 0 Å². The molecule has 0 spiro atoms. The lowest BCUT2D eigenvalue weighted by molar-refractivity contribution is -0.385. The average molecular weight is 411 g/mol. The molecule has 3 aromatic rings. The van der Waals surface area contributed by atoms with Gasteiger partial charge >= 0.3 is 5.97 Å². The standard InChI is InChI=1S/C20H17N3O5S/c1-13-9-15(7-8-17(13)23(26)27)19(25)21-10-18(24)28-11-16-12-29-20(22-16)14-5-3-2-4-6-14/h2-9,12H,10-11H2,1H3,(H,21,25). The van der Waals surface area contributed by atoms with Crippen LogP contribution in [0.3, 0.4) is 0 Å².